The largest absolute Gasteiger partial charge is 0.435 e. The molecule has 1 aromatic rings. The molecule has 0 fully saturated rings. The van der Waals surface area contributed by atoms with Gasteiger partial charge < -0.3 is 4.74 Å². The van der Waals surface area contributed by atoms with Crippen LogP contribution in [0.4, 0.5) is 8.78 Å². The standard InChI is InChI=1S/C12H14F2O2/c1-4-9-7(2)10(8(3)15)5-6-11(9)16-12(13)14/h5-6,12H,4H2,1-3H3. The van der Waals surface area contributed by atoms with Crippen molar-refractivity contribution in [2.75, 3.05) is 0 Å². The Labute approximate surface area is 93.2 Å². The van der Waals surface area contributed by atoms with Crippen LogP contribution in [-0.4, -0.2) is 12.4 Å². The van der Waals surface area contributed by atoms with Gasteiger partial charge >= 0.3 is 6.61 Å². The lowest BCUT2D eigenvalue weighted by molar-refractivity contribution is -0.0504. The van der Waals surface area contributed by atoms with Gasteiger partial charge in [0, 0.05) is 5.56 Å². The van der Waals surface area contributed by atoms with Gasteiger partial charge in [0.2, 0.25) is 0 Å². The van der Waals surface area contributed by atoms with E-state index in [1.165, 1.54) is 19.1 Å². The van der Waals surface area contributed by atoms with Gasteiger partial charge in [0.15, 0.2) is 5.78 Å². The molecule has 0 heterocycles. The molecule has 0 radical (unpaired) electrons. The summed E-state index contributed by atoms with van der Waals surface area (Å²) in [6.45, 7) is 2.20. The summed E-state index contributed by atoms with van der Waals surface area (Å²) < 4.78 is 28.7. The summed E-state index contributed by atoms with van der Waals surface area (Å²) in [5.41, 5.74) is 1.93. The molecule has 0 saturated carbocycles. The van der Waals surface area contributed by atoms with E-state index in [4.69, 9.17) is 0 Å². The van der Waals surface area contributed by atoms with Gasteiger partial charge in [0.05, 0.1) is 0 Å². The highest BCUT2D eigenvalue weighted by Crippen LogP contribution is 2.27. The van der Waals surface area contributed by atoms with Crippen LogP contribution >= 0.6 is 0 Å². The number of hydrogen-bond acceptors (Lipinski definition) is 2. The average molecular weight is 228 g/mol. The number of ether oxygens (including phenoxy) is 1. The molecule has 0 aliphatic rings. The van der Waals surface area contributed by atoms with Crippen LogP contribution in [0.15, 0.2) is 12.1 Å². The topological polar surface area (TPSA) is 26.3 Å². The number of hydrogen-bond donors (Lipinski definition) is 0. The fourth-order valence-electron chi connectivity index (χ4n) is 1.76. The molecular formula is C12H14F2O2. The summed E-state index contributed by atoms with van der Waals surface area (Å²) in [6, 6.07) is 2.95. The predicted molar refractivity (Wildman–Crippen MR) is 57.2 cm³/mol. The van der Waals surface area contributed by atoms with Crippen LogP contribution < -0.4 is 4.74 Å². The Morgan fingerprint density at radius 1 is 1.44 bits per heavy atom. The molecule has 4 heteroatoms. The molecule has 0 aromatic heterocycles. The number of carbonyl (C=O) groups excluding carboxylic acids is 1. The molecule has 0 N–H and O–H groups in total. The van der Waals surface area contributed by atoms with Crippen LogP contribution in [0.25, 0.3) is 0 Å². The summed E-state index contributed by atoms with van der Waals surface area (Å²) in [7, 11) is 0. The van der Waals surface area contributed by atoms with Crippen molar-refractivity contribution in [3.8, 4) is 5.75 Å². The smallest absolute Gasteiger partial charge is 0.387 e. The molecular weight excluding hydrogens is 214 g/mol. The van der Waals surface area contributed by atoms with Crippen molar-refractivity contribution in [3.05, 3.63) is 28.8 Å². The number of Topliss-reactive ketones (excluding diaryl/α,β-unsaturated/α-hetero) is 1. The summed E-state index contributed by atoms with van der Waals surface area (Å²) in [5.74, 6) is 0.0794. The van der Waals surface area contributed by atoms with Crippen molar-refractivity contribution in [1.82, 2.24) is 0 Å². The molecule has 0 spiro atoms. The Morgan fingerprint density at radius 3 is 2.50 bits per heavy atom. The summed E-state index contributed by atoms with van der Waals surface area (Å²) in [6.07, 6.45) is 0.551. The Morgan fingerprint density at radius 2 is 2.06 bits per heavy atom. The summed E-state index contributed by atoms with van der Waals surface area (Å²) >= 11 is 0. The number of alkyl halides is 2. The van der Waals surface area contributed by atoms with Crippen molar-refractivity contribution in [2.45, 2.75) is 33.8 Å². The first-order valence-electron chi connectivity index (χ1n) is 5.05. The highest BCUT2D eigenvalue weighted by Gasteiger charge is 2.14. The number of rotatable bonds is 4. The normalized spacial score (nSPS) is 10.6. The highest BCUT2D eigenvalue weighted by molar-refractivity contribution is 5.96. The van der Waals surface area contributed by atoms with E-state index in [1.54, 1.807) is 6.92 Å². The molecule has 16 heavy (non-hydrogen) atoms. The molecule has 88 valence electrons. The maximum absolute atomic E-state index is 12.1. The Bertz CT molecular complexity index is 400. The Kier molecular flexibility index (Phi) is 3.99. The fraction of sp³-hybridized carbons (Fsp3) is 0.417. The van der Waals surface area contributed by atoms with Gasteiger partial charge in [-0.15, -0.1) is 0 Å². The minimum atomic E-state index is -2.84. The molecule has 2 nitrogen and oxygen atoms in total. The van der Waals surface area contributed by atoms with Gasteiger partial charge in [-0.05, 0) is 43.5 Å². The third-order valence-corrected chi connectivity index (χ3v) is 2.50. The monoisotopic (exact) mass is 228 g/mol. The first-order chi connectivity index (χ1) is 7.47. The molecule has 0 aliphatic heterocycles. The lowest BCUT2D eigenvalue weighted by atomic mass is 9.97. The van der Waals surface area contributed by atoms with E-state index in [0.717, 1.165) is 0 Å². The van der Waals surface area contributed by atoms with Crippen molar-refractivity contribution >= 4 is 5.78 Å². The van der Waals surface area contributed by atoms with E-state index < -0.39 is 6.61 Å². The Hall–Kier alpha value is -1.45. The molecule has 0 saturated heterocycles. The van der Waals surface area contributed by atoms with Crippen LogP contribution in [0.1, 0.15) is 35.3 Å². The van der Waals surface area contributed by atoms with Crippen LogP contribution in [0, 0.1) is 6.92 Å². The molecule has 0 bridgehead atoms. The van der Waals surface area contributed by atoms with E-state index >= 15 is 0 Å². The zero-order chi connectivity index (χ0) is 12.3. The second kappa shape index (κ2) is 5.05. The average Bonchev–Trinajstić information content (AvgIpc) is 2.16. The maximum Gasteiger partial charge on any atom is 0.387 e. The predicted octanol–water partition coefficient (Wildman–Crippen LogP) is 3.36. The van der Waals surface area contributed by atoms with Crippen molar-refractivity contribution in [1.29, 1.82) is 0 Å². The first kappa shape index (κ1) is 12.6. The second-order valence-electron chi connectivity index (χ2n) is 3.50. The molecule has 0 atom stereocenters. The quantitative estimate of drug-likeness (QED) is 0.738. The third kappa shape index (κ3) is 2.56. The highest BCUT2D eigenvalue weighted by atomic mass is 19.3. The number of halogens is 2. The minimum absolute atomic E-state index is 0.0733. The van der Waals surface area contributed by atoms with Crippen molar-refractivity contribution < 1.29 is 18.3 Å². The lowest BCUT2D eigenvalue weighted by Crippen LogP contribution is -2.07. The summed E-state index contributed by atoms with van der Waals surface area (Å²) in [4.78, 5) is 11.3. The van der Waals surface area contributed by atoms with Gasteiger partial charge in [0.25, 0.3) is 0 Å². The van der Waals surface area contributed by atoms with Gasteiger partial charge in [-0.2, -0.15) is 8.78 Å². The van der Waals surface area contributed by atoms with Crippen molar-refractivity contribution in [3.63, 3.8) is 0 Å². The number of carbonyl (C=O) groups is 1. The minimum Gasteiger partial charge on any atom is -0.435 e. The molecule has 1 aromatic carbocycles. The van der Waals surface area contributed by atoms with E-state index in [0.29, 0.717) is 23.1 Å². The first-order valence-corrected chi connectivity index (χ1v) is 5.05. The second-order valence-corrected chi connectivity index (χ2v) is 3.50. The van der Waals surface area contributed by atoms with E-state index in [-0.39, 0.29) is 11.5 Å². The lowest BCUT2D eigenvalue weighted by Gasteiger charge is -2.14. The SMILES string of the molecule is CCc1c(OC(F)F)ccc(C(C)=O)c1C. The van der Waals surface area contributed by atoms with E-state index in [1.807, 2.05) is 6.92 Å². The zero-order valence-electron chi connectivity index (χ0n) is 9.51. The number of benzene rings is 1. The fourth-order valence-corrected chi connectivity index (χ4v) is 1.76. The maximum atomic E-state index is 12.1. The Balaban J connectivity index is 3.23. The summed E-state index contributed by atoms with van der Waals surface area (Å²) in [5, 5.41) is 0. The van der Waals surface area contributed by atoms with Gasteiger partial charge in [-0.1, -0.05) is 6.92 Å². The van der Waals surface area contributed by atoms with Gasteiger partial charge in [-0.25, -0.2) is 0 Å². The van der Waals surface area contributed by atoms with Crippen LogP contribution in [0.2, 0.25) is 0 Å². The van der Waals surface area contributed by atoms with Crippen LogP contribution in [0.3, 0.4) is 0 Å². The molecule has 0 unspecified atom stereocenters. The van der Waals surface area contributed by atoms with E-state index in [9.17, 15) is 13.6 Å². The zero-order valence-corrected chi connectivity index (χ0v) is 9.51. The van der Waals surface area contributed by atoms with Crippen molar-refractivity contribution in [2.24, 2.45) is 0 Å². The van der Waals surface area contributed by atoms with Crippen LogP contribution in [-0.2, 0) is 6.42 Å². The van der Waals surface area contributed by atoms with E-state index in [2.05, 4.69) is 4.74 Å². The molecule has 0 amide bonds. The molecule has 0 aliphatic carbocycles. The third-order valence-electron chi connectivity index (χ3n) is 2.50. The van der Waals surface area contributed by atoms with Gasteiger partial charge in [-0.3, -0.25) is 4.79 Å². The van der Waals surface area contributed by atoms with Gasteiger partial charge in [0.1, 0.15) is 5.75 Å². The van der Waals surface area contributed by atoms with Crippen LogP contribution in [0.5, 0.6) is 5.75 Å². The molecule has 1 rings (SSSR count). The number of ketones is 1.